The van der Waals surface area contributed by atoms with Crippen LogP contribution in [0, 0.1) is 0 Å². The van der Waals surface area contributed by atoms with Gasteiger partial charge in [-0.05, 0) is 24.6 Å². The highest BCUT2D eigenvalue weighted by atomic mass is 35.5. The van der Waals surface area contributed by atoms with Gasteiger partial charge >= 0.3 is 0 Å². The number of β-amino-alcohol motifs (C(OH)–C–C–N with tert-alkyl or cyclic N) is 1. The van der Waals surface area contributed by atoms with Gasteiger partial charge in [0.25, 0.3) is 0 Å². The Balaban J connectivity index is 2.25. The number of hydrogen-bond donors (Lipinski definition) is 1. The van der Waals surface area contributed by atoms with Crippen molar-refractivity contribution in [2.75, 3.05) is 12.3 Å². The molecule has 1 aromatic rings. The molecule has 0 bridgehead atoms. The minimum atomic E-state index is -0.544. The summed E-state index contributed by atoms with van der Waals surface area (Å²) in [6, 6.07) is 5.36. The molecule has 98 valence electrons. The molecule has 3 nitrogen and oxygen atoms in total. The van der Waals surface area contributed by atoms with E-state index in [1.807, 2.05) is 6.07 Å². The van der Waals surface area contributed by atoms with Crippen LogP contribution < -0.4 is 0 Å². The average molecular weight is 306 g/mol. The highest BCUT2D eigenvalue weighted by molar-refractivity contribution is 8.00. The topological polar surface area (TPSA) is 40.5 Å². The Morgan fingerprint density at radius 3 is 2.83 bits per heavy atom. The molecule has 1 heterocycles. The summed E-state index contributed by atoms with van der Waals surface area (Å²) >= 11 is 13.4. The smallest absolute Gasteiger partial charge is 0.233 e. The van der Waals surface area contributed by atoms with Gasteiger partial charge in [-0.3, -0.25) is 4.79 Å². The second-order valence-corrected chi connectivity index (χ2v) is 6.11. The largest absolute Gasteiger partial charge is 0.392 e. The molecule has 1 fully saturated rings. The molecule has 1 N–H and O–H groups in total. The number of aliphatic hydroxyl groups is 1. The van der Waals surface area contributed by atoms with Gasteiger partial charge in [0, 0.05) is 6.54 Å². The quantitative estimate of drug-likeness (QED) is 0.933. The summed E-state index contributed by atoms with van der Waals surface area (Å²) < 4.78 is 0. The highest BCUT2D eigenvalue weighted by Crippen LogP contribution is 2.40. The van der Waals surface area contributed by atoms with Crippen molar-refractivity contribution in [3.63, 3.8) is 0 Å². The summed E-state index contributed by atoms with van der Waals surface area (Å²) in [5.41, 5.74) is 0.931. The third-order valence-electron chi connectivity index (χ3n) is 2.66. The lowest BCUT2D eigenvalue weighted by atomic mass is 10.2. The number of aliphatic hydroxyl groups excluding tert-OH is 1. The molecule has 1 saturated heterocycles. The Labute approximate surface area is 120 Å². The van der Waals surface area contributed by atoms with Crippen molar-refractivity contribution >= 4 is 40.9 Å². The molecule has 0 aromatic heterocycles. The van der Waals surface area contributed by atoms with Gasteiger partial charge in [0.2, 0.25) is 5.91 Å². The monoisotopic (exact) mass is 305 g/mol. The number of nitrogens with zero attached hydrogens (tertiary/aromatic N) is 1. The van der Waals surface area contributed by atoms with Gasteiger partial charge in [0.05, 0.1) is 21.9 Å². The molecule has 18 heavy (non-hydrogen) atoms. The molecule has 1 amide bonds. The lowest BCUT2D eigenvalue weighted by Gasteiger charge is -2.25. The van der Waals surface area contributed by atoms with Crippen LogP contribution in [0.2, 0.25) is 10.0 Å². The van der Waals surface area contributed by atoms with E-state index in [0.29, 0.717) is 22.3 Å². The predicted molar refractivity (Wildman–Crippen MR) is 75.1 cm³/mol. The van der Waals surface area contributed by atoms with Gasteiger partial charge in [0.1, 0.15) is 5.37 Å². The van der Waals surface area contributed by atoms with Crippen molar-refractivity contribution in [1.82, 2.24) is 4.90 Å². The van der Waals surface area contributed by atoms with Gasteiger partial charge in [-0.25, -0.2) is 0 Å². The normalized spacial score (nSPS) is 21.4. The summed E-state index contributed by atoms with van der Waals surface area (Å²) in [6.07, 6.45) is -0.544. The predicted octanol–water partition coefficient (Wildman–Crippen LogP) is 2.95. The van der Waals surface area contributed by atoms with Crippen LogP contribution in [-0.2, 0) is 4.79 Å². The first-order valence-corrected chi connectivity index (χ1v) is 7.33. The van der Waals surface area contributed by atoms with Gasteiger partial charge in [-0.15, -0.1) is 11.8 Å². The molecular formula is C12H13Cl2NO2S. The van der Waals surface area contributed by atoms with Gasteiger partial charge in [-0.1, -0.05) is 29.3 Å². The van der Waals surface area contributed by atoms with Gasteiger partial charge in [-0.2, -0.15) is 0 Å². The molecule has 0 aliphatic carbocycles. The van der Waals surface area contributed by atoms with Gasteiger partial charge < -0.3 is 10.0 Å². The minimum Gasteiger partial charge on any atom is -0.392 e. The summed E-state index contributed by atoms with van der Waals surface area (Å²) in [5.74, 6) is 0.467. The van der Waals surface area contributed by atoms with Crippen molar-refractivity contribution in [3.05, 3.63) is 33.8 Å². The molecule has 2 rings (SSSR count). The molecule has 1 aliphatic heterocycles. The zero-order valence-electron chi connectivity index (χ0n) is 9.77. The van der Waals surface area contributed by atoms with E-state index in [0.717, 1.165) is 5.56 Å². The number of carbonyl (C=O) groups is 1. The molecule has 1 aromatic carbocycles. The van der Waals surface area contributed by atoms with Crippen LogP contribution in [0.3, 0.4) is 0 Å². The molecular weight excluding hydrogens is 293 g/mol. The lowest BCUT2D eigenvalue weighted by molar-refractivity contribution is -0.129. The first-order chi connectivity index (χ1) is 8.49. The lowest BCUT2D eigenvalue weighted by Crippen LogP contribution is -2.34. The fourth-order valence-electron chi connectivity index (χ4n) is 1.88. The maximum Gasteiger partial charge on any atom is 0.233 e. The molecule has 0 saturated carbocycles. The van der Waals surface area contributed by atoms with Crippen molar-refractivity contribution < 1.29 is 9.90 Å². The molecule has 1 aliphatic rings. The van der Waals surface area contributed by atoms with E-state index in [2.05, 4.69) is 0 Å². The van der Waals surface area contributed by atoms with E-state index in [-0.39, 0.29) is 11.3 Å². The Morgan fingerprint density at radius 1 is 1.50 bits per heavy atom. The fraction of sp³-hybridized carbons (Fsp3) is 0.417. The van der Waals surface area contributed by atoms with E-state index in [9.17, 15) is 9.90 Å². The van der Waals surface area contributed by atoms with Crippen LogP contribution in [0.5, 0.6) is 0 Å². The van der Waals surface area contributed by atoms with E-state index in [1.54, 1.807) is 24.0 Å². The Hall–Kier alpha value is -0.420. The van der Waals surface area contributed by atoms with Crippen LogP contribution in [0.15, 0.2) is 18.2 Å². The van der Waals surface area contributed by atoms with Crippen molar-refractivity contribution in [2.45, 2.75) is 18.4 Å². The summed E-state index contributed by atoms with van der Waals surface area (Å²) in [7, 11) is 0. The molecule has 0 spiro atoms. The van der Waals surface area contributed by atoms with Crippen molar-refractivity contribution in [3.8, 4) is 0 Å². The molecule has 6 heteroatoms. The molecule has 0 radical (unpaired) electrons. The fourth-order valence-corrected chi connectivity index (χ4v) is 3.37. The van der Waals surface area contributed by atoms with E-state index >= 15 is 0 Å². The number of thioether (sulfide) groups is 1. The summed E-state index contributed by atoms with van der Waals surface area (Å²) in [5, 5.41) is 10.3. The van der Waals surface area contributed by atoms with Crippen molar-refractivity contribution in [1.29, 1.82) is 0 Å². The van der Waals surface area contributed by atoms with Crippen LogP contribution in [0.25, 0.3) is 0 Å². The SMILES string of the molecule is C[C@H](O)CN1C(=O)CS[C@@H]1c1ccc(Cl)c(Cl)c1. The van der Waals surface area contributed by atoms with E-state index in [4.69, 9.17) is 23.2 Å². The third-order valence-corrected chi connectivity index (χ3v) is 4.65. The Kier molecular flexibility index (Phi) is 4.43. The maximum atomic E-state index is 11.8. The number of hydrogen-bond acceptors (Lipinski definition) is 3. The number of amides is 1. The Bertz CT molecular complexity index is 467. The van der Waals surface area contributed by atoms with Crippen LogP contribution >= 0.6 is 35.0 Å². The van der Waals surface area contributed by atoms with Crippen LogP contribution in [0.4, 0.5) is 0 Å². The summed E-state index contributed by atoms with van der Waals surface area (Å²) in [4.78, 5) is 13.5. The number of benzene rings is 1. The second-order valence-electron chi connectivity index (χ2n) is 4.23. The average Bonchev–Trinajstić information content (AvgIpc) is 2.64. The first-order valence-electron chi connectivity index (χ1n) is 5.53. The summed E-state index contributed by atoms with van der Waals surface area (Å²) in [6.45, 7) is 2.00. The second kappa shape index (κ2) is 5.70. The maximum absolute atomic E-state index is 11.8. The van der Waals surface area contributed by atoms with Crippen LogP contribution in [-0.4, -0.2) is 34.3 Å². The molecule has 2 atom stereocenters. The third kappa shape index (κ3) is 2.94. The molecule has 0 unspecified atom stereocenters. The number of rotatable bonds is 3. The standard InChI is InChI=1S/C12H13Cl2NO2S/c1-7(16)5-15-11(17)6-18-12(15)8-2-3-9(13)10(14)4-8/h2-4,7,12,16H,5-6H2,1H3/t7-,12+/m0/s1. The highest BCUT2D eigenvalue weighted by Gasteiger charge is 2.33. The first kappa shape index (κ1) is 14.0. The van der Waals surface area contributed by atoms with Crippen molar-refractivity contribution in [2.24, 2.45) is 0 Å². The Morgan fingerprint density at radius 2 is 2.22 bits per heavy atom. The van der Waals surface area contributed by atoms with Gasteiger partial charge in [0.15, 0.2) is 0 Å². The number of halogens is 2. The zero-order valence-corrected chi connectivity index (χ0v) is 12.1. The van der Waals surface area contributed by atoms with E-state index in [1.165, 1.54) is 11.8 Å². The van der Waals surface area contributed by atoms with E-state index < -0.39 is 6.10 Å². The number of carbonyl (C=O) groups excluding carboxylic acids is 1. The van der Waals surface area contributed by atoms with Crippen LogP contribution in [0.1, 0.15) is 17.9 Å². The zero-order chi connectivity index (χ0) is 13.3. The minimum absolute atomic E-state index is 0.0389.